The van der Waals surface area contributed by atoms with Gasteiger partial charge in [-0.15, -0.1) is 10.2 Å². The maximum atomic E-state index is 12.6. The molecule has 1 aliphatic rings. The summed E-state index contributed by atoms with van der Waals surface area (Å²) in [6.07, 6.45) is 4.22. The minimum absolute atomic E-state index is 0.0424. The van der Waals surface area contributed by atoms with Gasteiger partial charge in [-0.1, -0.05) is 24.3 Å². The highest BCUT2D eigenvalue weighted by Crippen LogP contribution is 2.24. The molecule has 26 heavy (non-hydrogen) atoms. The fraction of sp³-hybridized carbons (Fsp3) is 0.263. The Balaban J connectivity index is 1.48. The van der Waals surface area contributed by atoms with Crippen LogP contribution in [0.5, 0.6) is 0 Å². The molecule has 3 aromatic rings. The van der Waals surface area contributed by atoms with E-state index in [1.165, 1.54) is 5.56 Å². The Morgan fingerprint density at radius 2 is 1.73 bits per heavy atom. The molecule has 0 fully saturated rings. The van der Waals surface area contributed by atoms with Crippen molar-refractivity contribution >= 4 is 10.0 Å². The zero-order valence-electron chi connectivity index (χ0n) is 14.2. The molecular weight excluding hydrogens is 350 g/mol. The van der Waals surface area contributed by atoms with E-state index in [2.05, 4.69) is 14.9 Å². The number of hydrogen-bond acceptors (Lipinski definition) is 5. The first-order valence-electron chi connectivity index (χ1n) is 8.61. The van der Waals surface area contributed by atoms with Crippen LogP contribution in [0, 0.1) is 0 Å². The van der Waals surface area contributed by atoms with Crippen LogP contribution in [-0.2, 0) is 29.4 Å². The second kappa shape index (κ2) is 7.01. The Morgan fingerprint density at radius 1 is 0.962 bits per heavy atom. The van der Waals surface area contributed by atoms with E-state index in [0.717, 1.165) is 36.8 Å². The average Bonchev–Trinajstić information content (AvgIpc) is 3.16. The van der Waals surface area contributed by atoms with Gasteiger partial charge in [-0.25, -0.2) is 13.1 Å². The smallest absolute Gasteiger partial charge is 0.247 e. The van der Waals surface area contributed by atoms with Crippen molar-refractivity contribution < 1.29 is 12.8 Å². The van der Waals surface area contributed by atoms with Crippen molar-refractivity contribution in [3.8, 4) is 11.5 Å². The number of nitrogens with zero attached hydrogens (tertiary/aromatic N) is 2. The Bertz CT molecular complexity index is 1010. The summed E-state index contributed by atoms with van der Waals surface area (Å²) in [7, 11) is -3.63. The summed E-state index contributed by atoms with van der Waals surface area (Å²) in [5.74, 6) is 0.596. The Kier molecular flexibility index (Phi) is 4.57. The highest BCUT2D eigenvalue weighted by molar-refractivity contribution is 7.89. The van der Waals surface area contributed by atoms with Gasteiger partial charge >= 0.3 is 0 Å². The third-order valence-electron chi connectivity index (χ3n) is 4.53. The highest BCUT2D eigenvalue weighted by Gasteiger charge is 2.19. The molecule has 0 aliphatic heterocycles. The summed E-state index contributed by atoms with van der Waals surface area (Å²) in [4.78, 5) is 0.279. The first kappa shape index (κ1) is 16.9. The molecule has 134 valence electrons. The van der Waals surface area contributed by atoms with Crippen LogP contribution in [0.3, 0.4) is 0 Å². The third-order valence-corrected chi connectivity index (χ3v) is 5.93. The molecule has 1 N–H and O–H groups in total. The van der Waals surface area contributed by atoms with E-state index < -0.39 is 10.0 Å². The van der Waals surface area contributed by atoms with Crippen molar-refractivity contribution in [2.24, 2.45) is 0 Å². The lowest BCUT2D eigenvalue weighted by atomic mass is 9.92. The predicted octanol–water partition coefficient (Wildman–Crippen LogP) is 3.09. The summed E-state index contributed by atoms with van der Waals surface area (Å²) in [5, 5.41) is 7.88. The number of rotatable bonds is 5. The van der Waals surface area contributed by atoms with Crippen LogP contribution in [0.15, 0.2) is 57.8 Å². The zero-order chi connectivity index (χ0) is 18.0. The zero-order valence-corrected chi connectivity index (χ0v) is 15.0. The molecule has 7 heteroatoms. The molecule has 0 saturated carbocycles. The van der Waals surface area contributed by atoms with Crippen molar-refractivity contribution in [2.45, 2.75) is 37.1 Å². The second-order valence-corrected chi connectivity index (χ2v) is 8.10. The van der Waals surface area contributed by atoms with Crippen LogP contribution in [-0.4, -0.2) is 18.6 Å². The number of nitrogens with one attached hydrogen (secondary N) is 1. The van der Waals surface area contributed by atoms with E-state index in [4.69, 9.17) is 4.42 Å². The molecule has 6 nitrogen and oxygen atoms in total. The fourth-order valence-corrected chi connectivity index (χ4v) is 4.16. The van der Waals surface area contributed by atoms with Gasteiger partial charge in [0.2, 0.25) is 21.8 Å². The van der Waals surface area contributed by atoms with E-state index in [9.17, 15) is 8.42 Å². The Hall–Kier alpha value is -2.51. The van der Waals surface area contributed by atoms with Gasteiger partial charge in [0.25, 0.3) is 0 Å². The lowest BCUT2D eigenvalue weighted by Crippen LogP contribution is -2.23. The number of aromatic nitrogens is 2. The van der Waals surface area contributed by atoms with Gasteiger partial charge in [0, 0.05) is 5.56 Å². The van der Waals surface area contributed by atoms with Crippen molar-refractivity contribution in [3.05, 3.63) is 65.5 Å². The van der Waals surface area contributed by atoms with Crippen LogP contribution in [0.1, 0.15) is 29.9 Å². The van der Waals surface area contributed by atoms with Gasteiger partial charge in [-0.3, -0.25) is 0 Å². The number of aryl methyl sites for hydroxylation is 2. The fourth-order valence-electron chi connectivity index (χ4n) is 3.14. The van der Waals surface area contributed by atoms with Gasteiger partial charge in [0.05, 0.1) is 11.4 Å². The minimum atomic E-state index is -3.63. The number of hydrogen-bond donors (Lipinski definition) is 1. The van der Waals surface area contributed by atoms with Gasteiger partial charge in [-0.05, 0) is 61.1 Å². The molecule has 0 spiro atoms. The summed E-state index contributed by atoms with van der Waals surface area (Å²) >= 11 is 0. The van der Waals surface area contributed by atoms with E-state index >= 15 is 0 Å². The first-order valence-corrected chi connectivity index (χ1v) is 10.1. The summed E-state index contributed by atoms with van der Waals surface area (Å²) in [5.41, 5.74) is 3.17. The maximum absolute atomic E-state index is 12.6. The van der Waals surface area contributed by atoms with Crippen molar-refractivity contribution in [1.29, 1.82) is 0 Å². The Morgan fingerprint density at radius 3 is 2.54 bits per heavy atom. The molecule has 0 bridgehead atoms. The molecular formula is C19H19N3O3S. The van der Waals surface area contributed by atoms with Crippen molar-refractivity contribution in [1.82, 2.24) is 14.9 Å². The summed E-state index contributed by atoms with van der Waals surface area (Å²) in [6, 6.07) is 14.7. The number of sulfonamides is 1. The molecule has 1 heterocycles. The summed E-state index contributed by atoms with van der Waals surface area (Å²) in [6.45, 7) is -0.0424. The van der Waals surface area contributed by atoms with Gasteiger partial charge in [-0.2, -0.15) is 0 Å². The quantitative estimate of drug-likeness (QED) is 0.747. The minimum Gasteiger partial charge on any atom is -0.419 e. The van der Waals surface area contributed by atoms with Crippen LogP contribution in [0.2, 0.25) is 0 Å². The number of benzene rings is 2. The molecule has 1 aromatic heterocycles. The van der Waals surface area contributed by atoms with Crippen molar-refractivity contribution in [2.75, 3.05) is 0 Å². The van der Waals surface area contributed by atoms with E-state index in [1.54, 1.807) is 12.1 Å². The molecule has 0 unspecified atom stereocenters. The average molecular weight is 369 g/mol. The third kappa shape index (κ3) is 3.54. The van der Waals surface area contributed by atoms with Crippen LogP contribution in [0.4, 0.5) is 0 Å². The topological polar surface area (TPSA) is 85.1 Å². The van der Waals surface area contributed by atoms with E-state index in [0.29, 0.717) is 5.89 Å². The van der Waals surface area contributed by atoms with E-state index in [-0.39, 0.29) is 17.3 Å². The molecule has 1 aliphatic carbocycles. The van der Waals surface area contributed by atoms with Gasteiger partial charge < -0.3 is 4.42 Å². The molecule has 0 amide bonds. The molecule has 0 saturated heterocycles. The summed E-state index contributed by atoms with van der Waals surface area (Å²) < 4.78 is 33.2. The maximum Gasteiger partial charge on any atom is 0.247 e. The molecule has 0 radical (unpaired) electrons. The normalized spacial score (nSPS) is 14.2. The largest absolute Gasteiger partial charge is 0.419 e. The predicted molar refractivity (Wildman–Crippen MR) is 96.8 cm³/mol. The highest BCUT2D eigenvalue weighted by atomic mass is 32.2. The Labute approximate surface area is 152 Å². The van der Waals surface area contributed by atoms with Crippen LogP contribution in [0.25, 0.3) is 11.5 Å². The number of fused-ring (bicyclic) bond motifs is 1. The van der Waals surface area contributed by atoms with Crippen LogP contribution < -0.4 is 4.72 Å². The van der Waals surface area contributed by atoms with Gasteiger partial charge in [0.1, 0.15) is 0 Å². The first-order chi connectivity index (χ1) is 12.6. The van der Waals surface area contributed by atoms with E-state index in [1.807, 2.05) is 36.4 Å². The van der Waals surface area contributed by atoms with Crippen LogP contribution >= 0.6 is 0 Å². The lowest BCUT2D eigenvalue weighted by molar-refractivity contribution is 0.494. The monoisotopic (exact) mass is 369 g/mol. The SMILES string of the molecule is O=S(=O)(NCc1nnc(-c2ccccc2)o1)c1ccc2c(c1)CCCC2. The second-order valence-electron chi connectivity index (χ2n) is 6.33. The lowest BCUT2D eigenvalue weighted by Gasteiger charge is -2.16. The standard InChI is InChI=1S/C19H19N3O3S/c23-26(24,17-11-10-14-6-4-5-9-16(14)12-17)20-13-18-21-22-19(25-18)15-7-2-1-3-8-15/h1-3,7-8,10-12,20H,4-6,9,13H2. The molecule has 2 aromatic carbocycles. The van der Waals surface area contributed by atoms with Crippen molar-refractivity contribution in [3.63, 3.8) is 0 Å². The molecule has 4 rings (SSSR count). The van der Waals surface area contributed by atoms with Gasteiger partial charge in [0.15, 0.2) is 0 Å². The molecule has 0 atom stereocenters.